The molecule has 4 aromatic rings. The highest BCUT2D eigenvalue weighted by Crippen LogP contribution is 2.32. The van der Waals surface area contributed by atoms with E-state index in [4.69, 9.17) is 9.15 Å². The van der Waals surface area contributed by atoms with E-state index >= 15 is 0 Å². The van der Waals surface area contributed by atoms with Gasteiger partial charge in [-0.15, -0.1) is 0 Å². The molecule has 4 rings (SSSR count). The van der Waals surface area contributed by atoms with Crippen molar-refractivity contribution in [2.24, 2.45) is 0 Å². The molecule has 34 heavy (non-hydrogen) atoms. The Morgan fingerprint density at radius 2 is 1.56 bits per heavy atom. The molecule has 0 radical (unpaired) electrons. The lowest BCUT2D eigenvalue weighted by Gasteiger charge is -2.26. The fourth-order valence-electron chi connectivity index (χ4n) is 3.64. The van der Waals surface area contributed by atoms with Crippen LogP contribution in [0.4, 0.5) is 11.4 Å². The van der Waals surface area contributed by atoms with E-state index in [0.717, 1.165) is 5.56 Å². The lowest BCUT2D eigenvalue weighted by molar-refractivity contribution is -0.383. The first-order valence-electron chi connectivity index (χ1n) is 10.8. The third kappa shape index (κ3) is 4.99. The second-order valence-electron chi connectivity index (χ2n) is 8.30. The van der Waals surface area contributed by atoms with Crippen LogP contribution in [0.15, 0.2) is 95.4 Å². The van der Waals surface area contributed by atoms with Gasteiger partial charge < -0.3 is 14.5 Å². The van der Waals surface area contributed by atoms with Crippen molar-refractivity contribution in [2.75, 3.05) is 5.32 Å². The highest BCUT2D eigenvalue weighted by atomic mass is 16.6. The Morgan fingerprint density at radius 3 is 2.26 bits per heavy atom. The minimum Gasteiger partial charge on any atom is -0.486 e. The van der Waals surface area contributed by atoms with Gasteiger partial charge in [0.25, 0.3) is 11.6 Å². The summed E-state index contributed by atoms with van der Waals surface area (Å²) >= 11 is 0. The number of benzene rings is 3. The van der Waals surface area contributed by atoms with Crippen molar-refractivity contribution in [3.05, 3.63) is 124 Å². The number of nitrogens with zero attached hydrogens (tertiary/aromatic N) is 1. The minimum absolute atomic E-state index is 0.0386. The summed E-state index contributed by atoms with van der Waals surface area (Å²) in [6, 6.07) is 27.3. The van der Waals surface area contributed by atoms with Gasteiger partial charge in [-0.25, -0.2) is 0 Å². The molecule has 0 spiro atoms. The average Bonchev–Trinajstić information content (AvgIpc) is 3.33. The van der Waals surface area contributed by atoms with Gasteiger partial charge in [0, 0.05) is 11.5 Å². The molecule has 0 saturated heterocycles. The molecular weight excluding hydrogens is 432 g/mol. The first-order chi connectivity index (χ1) is 16.3. The van der Waals surface area contributed by atoms with Gasteiger partial charge in [-0.3, -0.25) is 14.9 Å². The second kappa shape index (κ2) is 9.62. The van der Waals surface area contributed by atoms with Crippen molar-refractivity contribution in [3.8, 4) is 5.75 Å². The van der Waals surface area contributed by atoms with Crippen LogP contribution in [0.2, 0.25) is 0 Å². The summed E-state index contributed by atoms with van der Waals surface area (Å²) in [5.74, 6) is 0.598. The molecule has 0 bridgehead atoms. The Bertz CT molecular complexity index is 1290. The first-order valence-corrected chi connectivity index (χ1v) is 10.8. The molecule has 1 heterocycles. The van der Waals surface area contributed by atoms with Crippen molar-refractivity contribution >= 4 is 17.3 Å². The van der Waals surface area contributed by atoms with Crippen LogP contribution in [-0.4, -0.2) is 10.8 Å². The van der Waals surface area contributed by atoms with E-state index in [1.165, 1.54) is 29.8 Å². The Balaban J connectivity index is 1.38. The van der Waals surface area contributed by atoms with Crippen molar-refractivity contribution in [1.82, 2.24) is 0 Å². The SMILES string of the molecule is CC(C)(c1ccccc1)c1ccc(OCc2ccc(C(=O)Nc3ccccc3[N+](=O)[O-])o2)cc1. The van der Waals surface area contributed by atoms with Crippen LogP contribution in [0.1, 0.15) is 41.3 Å². The van der Waals surface area contributed by atoms with Crippen molar-refractivity contribution in [1.29, 1.82) is 0 Å². The number of rotatable bonds is 8. The number of hydrogen-bond acceptors (Lipinski definition) is 5. The van der Waals surface area contributed by atoms with E-state index < -0.39 is 10.8 Å². The van der Waals surface area contributed by atoms with E-state index in [1.54, 1.807) is 12.1 Å². The van der Waals surface area contributed by atoms with Crippen molar-refractivity contribution < 1.29 is 18.9 Å². The second-order valence-corrected chi connectivity index (χ2v) is 8.30. The molecule has 0 aliphatic heterocycles. The van der Waals surface area contributed by atoms with Gasteiger partial charge in [0.05, 0.1) is 4.92 Å². The van der Waals surface area contributed by atoms with Gasteiger partial charge in [-0.1, -0.05) is 68.4 Å². The first kappa shape index (κ1) is 22.8. The maximum absolute atomic E-state index is 12.5. The molecule has 0 aliphatic rings. The van der Waals surface area contributed by atoms with Gasteiger partial charge in [0.2, 0.25) is 0 Å². The van der Waals surface area contributed by atoms with E-state index in [9.17, 15) is 14.9 Å². The average molecular weight is 456 g/mol. The summed E-state index contributed by atoms with van der Waals surface area (Å²) in [5.41, 5.74) is 2.16. The summed E-state index contributed by atoms with van der Waals surface area (Å²) < 4.78 is 11.4. The fourth-order valence-corrected chi connectivity index (χ4v) is 3.64. The Hall–Kier alpha value is -4.39. The summed E-state index contributed by atoms with van der Waals surface area (Å²) in [4.78, 5) is 23.0. The summed E-state index contributed by atoms with van der Waals surface area (Å²) in [6.45, 7) is 4.50. The predicted octanol–water partition coefficient (Wildman–Crippen LogP) is 6.35. The molecule has 7 heteroatoms. The van der Waals surface area contributed by atoms with Crippen molar-refractivity contribution in [2.45, 2.75) is 25.9 Å². The Labute approximate surface area is 197 Å². The quantitative estimate of drug-likeness (QED) is 0.246. The van der Waals surface area contributed by atoms with Gasteiger partial charge in [0.1, 0.15) is 23.8 Å². The molecule has 1 amide bonds. The van der Waals surface area contributed by atoms with Crippen LogP contribution in [0.3, 0.4) is 0 Å². The normalized spacial score (nSPS) is 11.1. The smallest absolute Gasteiger partial charge is 0.292 e. The monoisotopic (exact) mass is 456 g/mol. The Morgan fingerprint density at radius 1 is 0.912 bits per heavy atom. The minimum atomic E-state index is -0.576. The lowest BCUT2D eigenvalue weighted by Crippen LogP contribution is -2.18. The molecule has 1 aromatic heterocycles. The van der Waals surface area contributed by atoms with Crippen LogP contribution in [-0.2, 0) is 12.0 Å². The zero-order valence-corrected chi connectivity index (χ0v) is 18.9. The molecular formula is C27H24N2O5. The number of ether oxygens (including phenoxy) is 1. The summed E-state index contributed by atoms with van der Waals surface area (Å²) in [5, 5.41) is 13.6. The van der Waals surface area contributed by atoms with Crippen LogP contribution in [0.5, 0.6) is 5.75 Å². The van der Waals surface area contributed by atoms with E-state index in [0.29, 0.717) is 11.5 Å². The molecule has 0 unspecified atom stereocenters. The van der Waals surface area contributed by atoms with E-state index in [1.807, 2.05) is 42.5 Å². The van der Waals surface area contributed by atoms with Gasteiger partial charge in [-0.05, 0) is 41.5 Å². The van der Waals surface area contributed by atoms with Crippen molar-refractivity contribution in [3.63, 3.8) is 0 Å². The molecule has 1 N–H and O–H groups in total. The van der Waals surface area contributed by atoms with Crippen LogP contribution in [0, 0.1) is 10.1 Å². The number of amides is 1. The lowest BCUT2D eigenvalue weighted by atomic mass is 9.78. The van der Waals surface area contributed by atoms with Gasteiger partial charge in [0.15, 0.2) is 5.76 Å². The predicted molar refractivity (Wildman–Crippen MR) is 129 cm³/mol. The maximum atomic E-state index is 12.5. The Kier molecular flexibility index (Phi) is 6.45. The molecule has 172 valence electrons. The third-order valence-electron chi connectivity index (χ3n) is 5.69. The zero-order valence-electron chi connectivity index (χ0n) is 18.9. The van der Waals surface area contributed by atoms with E-state index in [-0.39, 0.29) is 29.2 Å². The third-order valence-corrected chi connectivity index (χ3v) is 5.69. The molecule has 0 aliphatic carbocycles. The molecule has 7 nitrogen and oxygen atoms in total. The standard InChI is InChI=1S/C27H24N2O5/c1-27(2,19-8-4-3-5-9-19)20-12-14-21(15-13-20)33-18-22-16-17-25(34-22)26(30)28-23-10-6-7-11-24(23)29(31)32/h3-17H,18H2,1-2H3,(H,28,30). The number of nitrogens with one attached hydrogen (secondary N) is 1. The van der Waals surface area contributed by atoms with E-state index in [2.05, 4.69) is 31.3 Å². The topological polar surface area (TPSA) is 94.6 Å². The molecule has 0 saturated carbocycles. The zero-order chi connectivity index (χ0) is 24.1. The highest BCUT2D eigenvalue weighted by Gasteiger charge is 2.23. The van der Waals surface area contributed by atoms with Crippen LogP contribution >= 0.6 is 0 Å². The number of nitro groups is 1. The summed E-state index contributed by atoms with van der Waals surface area (Å²) in [6.07, 6.45) is 0. The number of hydrogen-bond donors (Lipinski definition) is 1. The van der Waals surface area contributed by atoms with Crippen LogP contribution < -0.4 is 10.1 Å². The number of nitro benzene ring substituents is 1. The number of carbonyl (C=O) groups excluding carboxylic acids is 1. The number of anilines is 1. The maximum Gasteiger partial charge on any atom is 0.292 e. The van der Waals surface area contributed by atoms with Crippen LogP contribution in [0.25, 0.3) is 0 Å². The highest BCUT2D eigenvalue weighted by molar-refractivity contribution is 6.03. The number of carbonyl (C=O) groups is 1. The van der Waals surface area contributed by atoms with Gasteiger partial charge in [-0.2, -0.15) is 0 Å². The number of para-hydroxylation sites is 2. The molecule has 3 aromatic carbocycles. The molecule has 0 fully saturated rings. The number of furan rings is 1. The summed E-state index contributed by atoms with van der Waals surface area (Å²) in [7, 11) is 0. The largest absolute Gasteiger partial charge is 0.486 e. The van der Waals surface area contributed by atoms with Gasteiger partial charge >= 0.3 is 0 Å². The fraction of sp³-hybridized carbons (Fsp3) is 0.148. The molecule has 0 atom stereocenters.